The van der Waals surface area contributed by atoms with E-state index in [9.17, 15) is 18.0 Å². The Labute approximate surface area is 125 Å². The van der Waals surface area contributed by atoms with Gasteiger partial charge in [-0.25, -0.2) is 4.79 Å². The number of hydrogen-bond acceptors (Lipinski definition) is 6. The zero-order chi connectivity index (χ0) is 15.3. The van der Waals surface area contributed by atoms with Crippen molar-refractivity contribution in [3.05, 3.63) is 71.8 Å². The molecular formula is C14H10O5S2. The Morgan fingerprint density at radius 2 is 1.29 bits per heavy atom. The van der Waals surface area contributed by atoms with Crippen LogP contribution in [0.15, 0.2) is 60.7 Å². The van der Waals surface area contributed by atoms with Gasteiger partial charge in [0.25, 0.3) is 0 Å². The van der Waals surface area contributed by atoms with E-state index in [0.29, 0.717) is 0 Å². The Kier molecular flexibility index (Phi) is 4.77. The lowest BCUT2D eigenvalue weighted by atomic mass is 10.2. The van der Waals surface area contributed by atoms with E-state index in [1.54, 1.807) is 36.4 Å². The topological polar surface area (TPSA) is 77.5 Å². The van der Waals surface area contributed by atoms with Crippen molar-refractivity contribution in [2.75, 3.05) is 0 Å². The summed E-state index contributed by atoms with van der Waals surface area (Å²) in [6.45, 7) is 0. The second kappa shape index (κ2) is 6.55. The molecule has 2 aromatic rings. The minimum Gasteiger partial charge on any atom is -0.333 e. The molecule has 0 unspecified atom stereocenters. The first-order valence-corrected chi connectivity index (χ1v) is 8.55. The van der Waals surface area contributed by atoms with Gasteiger partial charge in [0.15, 0.2) is 0 Å². The van der Waals surface area contributed by atoms with Gasteiger partial charge in [-0.1, -0.05) is 48.5 Å². The van der Waals surface area contributed by atoms with E-state index in [1.165, 1.54) is 24.3 Å². The van der Waals surface area contributed by atoms with Crippen LogP contribution >= 0.6 is 10.8 Å². The third-order valence-corrected chi connectivity index (χ3v) is 4.59. The summed E-state index contributed by atoms with van der Waals surface area (Å²) in [5, 5.41) is -0.712. The molecule has 0 aliphatic rings. The van der Waals surface area contributed by atoms with E-state index >= 15 is 0 Å². The van der Waals surface area contributed by atoms with Gasteiger partial charge < -0.3 is 4.18 Å². The molecule has 0 aliphatic carbocycles. The van der Waals surface area contributed by atoms with Crippen molar-refractivity contribution in [2.24, 2.45) is 0 Å². The molecule has 7 heteroatoms. The average molecular weight is 322 g/mol. The van der Waals surface area contributed by atoms with Crippen LogP contribution in [0.2, 0.25) is 0 Å². The Hall–Kier alpha value is -2.12. The Morgan fingerprint density at radius 3 is 1.81 bits per heavy atom. The van der Waals surface area contributed by atoms with Crippen LogP contribution in [0.3, 0.4) is 0 Å². The van der Waals surface area contributed by atoms with Crippen molar-refractivity contribution >= 4 is 31.0 Å². The predicted octanol–water partition coefficient (Wildman–Crippen LogP) is 2.66. The van der Waals surface area contributed by atoms with Gasteiger partial charge in [-0.05, 0) is 12.1 Å². The highest BCUT2D eigenvalue weighted by Crippen LogP contribution is 2.21. The zero-order valence-electron chi connectivity index (χ0n) is 10.6. The summed E-state index contributed by atoms with van der Waals surface area (Å²) in [4.78, 5) is 23.4. The maximum atomic E-state index is 11.8. The largest absolute Gasteiger partial charge is 0.376 e. The van der Waals surface area contributed by atoms with Gasteiger partial charge >= 0.3 is 15.1 Å². The van der Waals surface area contributed by atoms with E-state index in [4.69, 9.17) is 0 Å². The van der Waals surface area contributed by atoms with E-state index in [1.807, 2.05) is 0 Å². The van der Waals surface area contributed by atoms with Gasteiger partial charge in [0.1, 0.15) is 0 Å². The van der Waals surface area contributed by atoms with Crippen molar-refractivity contribution in [2.45, 2.75) is 0 Å². The normalized spacial score (nSPS) is 10.9. The fourth-order valence-corrected chi connectivity index (χ4v) is 3.31. The zero-order valence-corrected chi connectivity index (χ0v) is 12.3. The lowest BCUT2D eigenvalue weighted by Crippen LogP contribution is -2.12. The third-order valence-electron chi connectivity index (χ3n) is 2.37. The van der Waals surface area contributed by atoms with Crippen LogP contribution in [0.4, 0.5) is 0 Å². The molecule has 0 bridgehead atoms. The van der Waals surface area contributed by atoms with Crippen LogP contribution in [0.1, 0.15) is 20.7 Å². The van der Waals surface area contributed by atoms with Gasteiger partial charge in [-0.2, -0.15) is 8.42 Å². The van der Waals surface area contributed by atoms with Crippen LogP contribution in [-0.2, 0) is 13.3 Å². The molecule has 0 fully saturated rings. The van der Waals surface area contributed by atoms with E-state index < -0.39 is 20.2 Å². The minimum atomic E-state index is -4.36. The minimum absolute atomic E-state index is 0.0318. The third kappa shape index (κ3) is 4.44. The summed E-state index contributed by atoms with van der Waals surface area (Å²) in [6, 6.07) is 15.5. The maximum Gasteiger partial charge on any atom is 0.376 e. The van der Waals surface area contributed by atoms with Crippen molar-refractivity contribution in [1.29, 1.82) is 0 Å². The highest BCUT2D eigenvalue weighted by molar-refractivity contribution is 8.76. The molecule has 0 aromatic heterocycles. The van der Waals surface area contributed by atoms with Gasteiger partial charge in [-0.15, -0.1) is 0 Å². The summed E-state index contributed by atoms with van der Waals surface area (Å²) in [5.74, 6) is -1.02. The molecule has 2 aromatic carbocycles. The van der Waals surface area contributed by atoms with Crippen LogP contribution in [0, 0.1) is 0 Å². The average Bonchev–Trinajstić information content (AvgIpc) is 2.48. The fourth-order valence-electron chi connectivity index (χ4n) is 1.45. The molecular weight excluding hydrogens is 312 g/mol. The summed E-state index contributed by atoms with van der Waals surface area (Å²) in [7, 11) is -4.39. The highest BCUT2D eigenvalue weighted by atomic mass is 33.1. The summed E-state index contributed by atoms with van der Waals surface area (Å²) < 4.78 is 27.8. The predicted molar refractivity (Wildman–Crippen MR) is 79.1 cm³/mol. The molecule has 2 rings (SSSR count). The number of hydrogen-bond donors (Lipinski definition) is 0. The summed E-state index contributed by atoms with van der Waals surface area (Å²) in [5.41, 5.74) is 0.302. The molecule has 0 spiro atoms. The second-order valence-electron chi connectivity index (χ2n) is 3.88. The van der Waals surface area contributed by atoms with Crippen molar-refractivity contribution in [3.8, 4) is 0 Å². The van der Waals surface area contributed by atoms with E-state index in [-0.39, 0.29) is 21.9 Å². The van der Waals surface area contributed by atoms with Crippen molar-refractivity contribution in [3.63, 3.8) is 0 Å². The second-order valence-corrected chi connectivity index (χ2v) is 7.13. The molecule has 108 valence electrons. The van der Waals surface area contributed by atoms with Crippen molar-refractivity contribution < 1.29 is 22.2 Å². The lowest BCUT2D eigenvalue weighted by molar-refractivity contribution is 0.0752. The van der Waals surface area contributed by atoms with Crippen LogP contribution in [-0.4, -0.2) is 19.5 Å². The molecule has 0 atom stereocenters. The Balaban J connectivity index is 2.06. The van der Waals surface area contributed by atoms with Crippen LogP contribution < -0.4 is 0 Å². The van der Waals surface area contributed by atoms with E-state index in [2.05, 4.69) is 4.18 Å². The molecule has 0 heterocycles. The van der Waals surface area contributed by atoms with Crippen LogP contribution in [0.5, 0.6) is 0 Å². The standard InChI is InChI=1S/C14H10O5S2/c15-13(11-7-3-1-4-8-11)19-21(17,18)20-14(16)12-9-5-2-6-10-12/h1-10H. The number of carbonyl (C=O) groups is 2. The SMILES string of the molecule is O=C(OS(=O)(=O)SC(=O)c1ccccc1)c1ccccc1. The first kappa shape index (κ1) is 15.3. The van der Waals surface area contributed by atoms with E-state index in [0.717, 1.165) is 0 Å². The molecule has 0 N–H and O–H groups in total. The monoisotopic (exact) mass is 322 g/mol. The first-order chi connectivity index (χ1) is 9.98. The van der Waals surface area contributed by atoms with Gasteiger partial charge in [0, 0.05) is 5.56 Å². The molecule has 0 saturated carbocycles. The van der Waals surface area contributed by atoms with Gasteiger partial charge in [-0.3, -0.25) is 4.79 Å². The van der Waals surface area contributed by atoms with Gasteiger partial charge in [0.05, 0.1) is 16.4 Å². The number of benzene rings is 2. The number of carbonyl (C=O) groups excluding carboxylic acids is 2. The summed E-state index contributed by atoms with van der Waals surface area (Å²) >= 11 is 0. The Morgan fingerprint density at radius 1 is 0.810 bits per heavy atom. The first-order valence-electron chi connectivity index (χ1n) is 5.80. The fraction of sp³-hybridized carbons (Fsp3) is 0. The Bertz CT molecular complexity index is 680. The van der Waals surface area contributed by atoms with Gasteiger partial charge in [0.2, 0.25) is 5.12 Å². The molecule has 5 nitrogen and oxygen atoms in total. The molecule has 0 amide bonds. The highest BCUT2D eigenvalue weighted by Gasteiger charge is 2.24. The molecule has 0 radical (unpaired) electrons. The van der Waals surface area contributed by atoms with Crippen LogP contribution in [0.25, 0.3) is 0 Å². The molecule has 0 saturated heterocycles. The number of rotatable bonds is 4. The lowest BCUT2D eigenvalue weighted by Gasteiger charge is -2.04. The molecule has 21 heavy (non-hydrogen) atoms. The molecule has 0 aliphatic heterocycles. The quantitative estimate of drug-likeness (QED) is 0.805. The summed E-state index contributed by atoms with van der Waals surface area (Å²) in [6.07, 6.45) is 0. The smallest absolute Gasteiger partial charge is 0.333 e. The van der Waals surface area contributed by atoms with Crippen molar-refractivity contribution in [1.82, 2.24) is 0 Å². The maximum absolute atomic E-state index is 11.8.